The second kappa shape index (κ2) is 10.9. The molecule has 0 bridgehead atoms. The van der Waals surface area contributed by atoms with Crippen LogP contribution in [0, 0.1) is 18.2 Å². The molecule has 41 heavy (non-hydrogen) atoms. The Hall–Kier alpha value is -4.89. The summed E-state index contributed by atoms with van der Waals surface area (Å²) in [5.74, 6) is -0.979. The number of rotatable bonds is 7. The van der Waals surface area contributed by atoms with E-state index in [1.165, 1.54) is 42.7 Å². The van der Waals surface area contributed by atoms with Gasteiger partial charge in [-0.1, -0.05) is 12.1 Å². The molecule has 1 saturated heterocycles. The molecule has 1 amide bonds. The van der Waals surface area contributed by atoms with E-state index in [1.807, 2.05) is 0 Å². The molecule has 2 aromatic carbocycles. The average molecular weight is 559 g/mol. The molecule has 0 radical (unpaired) electrons. The fourth-order valence-corrected chi connectivity index (χ4v) is 4.90. The average Bonchev–Trinajstić information content (AvgIpc) is 3.52. The van der Waals surface area contributed by atoms with Gasteiger partial charge in [-0.3, -0.25) is 4.79 Å². The molecule has 0 saturated carbocycles. The normalized spacial score (nSPS) is 15.8. The van der Waals surface area contributed by atoms with Gasteiger partial charge in [0.1, 0.15) is 41.0 Å². The first kappa shape index (κ1) is 27.7. The number of hydrogen-bond acceptors (Lipinski definition) is 7. The molecular weight excluding hydrogens is 530 g/mol. The van der Waals surface area contributed by atoms with E-state index >= 15 is 4.39 Å². The van der Waals surface area contributed by atoms with E-state index in [1.54, 1.807) is 35.6 Å². The topological polar surface area (TPSA) is 130 Å². The van der Waals surface area contributed by atoms with Crippen LogP contribution in [-0.2, 0) is 11.3 Å². The van der Waals surface area contributed by atoms with Crippen molar-refractivity contribution in [3.05, 3.63) is 83.6 Å². The summed E-state index contributed by atoms with van der Waals surface area (Å²) < 4.78 is 36.2. The molecule has 1 fully saturated rings. The minimum atomic E-state index is -0.825. The third kappa shape index (κ3) is 5.85. The van der Waals surface area contributed by atoms with Gasteiger partial charge in [0.2, 0.25) is 5.70 Å². The molecule has 4 N–H and O–H groups in total. The molecule has 10 nitrogen and oxygen atoms in total. The summed E-state index contributed by atoms with van der Waals surface area (Å²) in [5.41, 5.74) is 12.1. The van der Waals surface area contributed by atoms with Gasteiger partial charge in [-0.15, -0.1) is 0 Å². The lowest BCUT2D eigenvalue weighted by molar-refractivity contribution is -0.127. The van der Waals surface area contributed by atoms with Gasteiger partial charge in [0.25, 0.3) is 5.91 Å². The quantitative estimate of drug-likeness (QED) is 0.249. The Morgan fingerprint density at radius 2 is 2.00 bits per heavy atom. The van der Waals surface area contributed by atoms with Crippen LogP contribution in [0.2, 0.25) is 0 Å². The van der Waals surface area contributed by atoms with Crippen LogP contribution in [0.1, 0.15) is 26.7 Å². The molecule has 210 valence electrons. The highest BCUT2D eigenvalue weighted by atomic mass is 19.1. The highest BCUT2D eigenvalue weighted by molar-refractivity contribution is 5.98. The number of aromatic nitrogens is 4. The largest absolute Gasteiger partial charge is 0.457 e. The van der Waals surface area contributed by atoms with E-state index in [0.717, 1.165) is 6.42 Å². The maximum atomic E-state index is 15.4. The second-order valence-corrected chi connectivity index (χ2v) is 10.4. The maximum Gasteiger partial charge on any atom is 0.252 e. The summed E-state index contributed by atoms with van der Waals surface area (Å²) in [6, 6.07) is 9.47. The van der Waals surface area contributed by atoms with Crippen LogP contribution in [0.15, 0.2) is 60.6 Å². The molecule has 0 spiro atoms. The van der Waals surface area contributed by atoms with Gasteiger partial charge in [-0.2, -0.15) is 5.10 Å². The molecule has 1 aliphatic heterocycles. The third-order valence-electron chi connectivity index (χ3n) is 6.66. The van der Waals surface area contributed by atoms with Crippen LogP contribution in [-0.4, -0.2) is 48.7 Å². The first-order valence-corrected chi connectivity index (χ1v) is 12.9. The molecule has 4 aromatic rings. The monoisotopic (exact) mass is 558 g/mol. The minimum Gasteiger partial charge on any atom is -0.457 e. The van der Waals surface area contributed by atoms with Gasteiger partial charge >= 0.3 is 0 Å². The number of nitrogens with two attached hydrogens (primary N) is 2. The van der Waals surface area contributed by atoms with Crippen LogP contribution in [0.25, 0.3) is 27.1 Å². The maximum absolute atomic E-state index is 15.4. The number of likely N-dealkylation sites (tertiary alicyclic amines) is 1. The smallest absolute Gasteiger partial charge is 0.252 e. The number of nitrogen functional groups attached to an aromatic ring is 1. The van der Waals surface area contributed by atoms with Gasteiger partial charge in [-0.25, -0.2) is 28.3 Å². The number of carbonyl (C=O) groups excluding carboxylic acids is 1. The van der Waals surface area contributed by atoms with E-state index in [2.05, 4.69) is 19.9 Å². The summed E-state index contributed by atoms with van der Waals surface area (Å²) in [6.07, 6.45) is 4.20. The zero-order valence-electron chi connectivity index (χ0n) is 22.5. The van der Waals surface area contributed by atoms with Crippen LogP contribution >= 0.6 is 0 Å². The molecule has 5 rings (SSSR count). The summed E-state index contributed by atoms with van der Waals surface area (Å²) in [4.78, 5) is 26.8. The molecule has 12 heteroatoms. The van der Waals surface area contributed by atoms with Crippen molar-refractivity contribution < 1.29 is 18.3 Å². The third-order valence-corrected chi connectivity index (χ3v) is 6.66. The number of halogens is 2. The van der Waals surface area contributed by atoms with E-state index in [-0.39, 0.29) is 46.9 Å². The van der Waals surface area contributed by atoms with Gasteiger partial charge in [-0.05, 0) is 51.0 Å². The Kier molecular flexibility index (Phi) is 7.38. The SMILES string of the molecule is [C-]#[N+]/C(=C\C(C)(C)N)C(=O)N1CCC[C@@H]1Cn1nc(-c2ccc(Oc3cccc(F)c3)cc2F)c2c(N)ncnc21. The molecule has 1 aliphatic rings. The predicted molar refractivity (Wildman–Crippen MR) is 149 cm³/mol. The first-order valence-electron chi connectivity index (χ1n) is 12.9. The highest BCUT2D eigenvalue weighted by Crippen LogP contribution is 2.35. The van der Waals surface area contributed by atoms with Crippen LogP contribution in [0.3, 0.4) is 0 Å². The number of anilines is 1. The number of carbonyl (C=O) groups is 1. The zero-order chi connectivity index (χ0) is 29.3. The molecule has 3 heterocycles. The number of nitrogens with zero attached hydrogens (tertiary/aromatic N) is 6. The Labute approximate surface area is 235 Å². The van der Waals surface area contributed by atoms with E-state index in [9.17, 15) is 9.18 Å². The Bertz CT molecular complexity index is 1700. The lowest BCUT2D eigenvalue weighted by Crippen LogP contribution is -2.40. The van der Waals surface area contributed by atoms with Crippen molar-refractivity contribution in [1.82, 2.24) is 24.6 Å². The van der Waals surface area contributed by atoms with Crippen LogP contribution in [0.4, 0.5) is 14.6 Å². The van der Waals surface area contributed by atoms with E-state index in [4.69, 9.17) is 22.8 Å². The number of benzene rings is 2. The summed E-state index contributed by atoms with van der Waals surface area (Å²) in [7, 11) is 0. The molecule has 0 unspecified atom stereocenters. The first-order chi connectivity index (χ1) is 19.5. The molecule has 2 aromatic heterocycles. The summed E-state index contributed by atoms with van der Waals surface area (Å²) >= 11 is 0. The van der Waals surface area contributed by atoms with Crippen molar-refractivity contribution in [2.24, 2.45) is 5.73 Å². The minimum absolute atomic E-state index is 0.0374. The van der Waals surface area contributed by atoms with Crippen molar-refractivity contribution in [1.29, 1.82) is 0 Å². The fraction of sp³-hybridized carbons (Fsp3) is 0.276. The molecular formula is C29H28F2N8O2. The number of fused-ring (bicyclic) bond motifs is 1. The van der Waals surface area contributed by atoms with Crippen molar-refractivity contribution in [2.45, 2.75) is 44.8 Å². The fourth-order valence-electron chi connectivity index (χ4n) is 4.90. The van der Waals surface area contributed by atoms with E-state index in [0.29, 0.717) is 24.0 Å². The number of ether oxygens (including phenoxy) is 1. The Balaban J connectivity index is 1.47. The lowest BCUT2D eigenvalue weighted by Gasteiger charge is -2.25. The lowest BCUT2D eigenvalue weighted by atomic mass is 10.1. The number of amides is 1. The summed E-state index contributed by atoms with van der Waals surface area (Å²) in [5, 5.41) is 5.03. The zero-order valence-corrected chi connectivity index (χ0v) is 22.5. The Morgan fingerprint density at radius 3 is 2.71 bits per heavy atom. The highest BCUT2D eigenvalue weighted by Gasteiger charge is 2.33. The summed E-state index contributed by atoms with van der Waals surface area (Å²) in [6.45, 7) is 11.7. The molecule has 0 aliphatic carbocycles. The van der Waals surface area contributed by atoms with Crippen molar-refractivity contribution in [3.63, 3.8) is 0 Å². The van der Waals surface area contributed by atoms with Crippen LogP contribution in [0.5, 0.6) is 11.5 Å². The second-order valence-electron chi connectivity index (χ2n) is 10.4. The predicted octanol–water partition coefficient (Wildman–Crippen LogP) is 4.68. The number of hydrogen-bond donors (Lipinski definition) is 2. The van der Waals surface area contributed by atoms with Crippen molar-refractivity contribution >= 4 is 22.8 Å². The van der Waals surface area contributed by atoms with Gasteiger partial charge in [0, 0.05) is 29.8 Å². The van der Waals surface area contributed by atoms with E-state index < -0.39 is 23.1 Å². The van der Waals surface area contributed by atoms with Gasteiger partial charge in [0.15, 0.2) is 5.65 Å². The van der Waals surface area contributed by atoms with Crippen molar-refractivity contribution in [3.8, 4) is 22.8 Å². The van der Waals surface area contributed by atoms with Crippen LogP contribution < -0.4 is 16.2 Å². The standard InChI is InChI=1S/C29H28F2N8O2/c1-29(2,33)14-23(34-3)28(40)38-11-5-7-18(38)15-39-27-24(26(32)35-16-36-27)25(37-39)21-10-9-20(13-22(21)31)41-19-8-4-6-17(30)12-19/h4,6,8-10,12-14,16,18H,5,7,11,15,33H2,1-2H3,(H2,32,35,36)/b23-14-/t18-/m1/s1. The van der Waals surface area contributed by atoms with Gasteiger partial charge < -0.3 is 21.1 Å². The Morgan fingerprint density at radius 1 is 1.22 bits per heavy atom. The van der Waals surface area contributed by atoms with Gasteiger partial charge in [0.05, 0.1) is 24.5 Å². The molecule has 1 atom stereocenters. The van der Waals surface area contributed by atoms with Crippen molar-refractivity contribution in [2.75, 3.05) is 12.3 Å².